The number of hydrogen-bond donors (Lipinski definition) is 2. The zero-order valence-corrected chi connectivity index (χ0v) is 10.3. The van der Waals surface area contributed by atoms with Crippen LogP contribution < -0.4 is 5.32 Å². The van der Waals surface area contributed by atoms with E-state index in [0.717, 1.165) is 12.2 Å². The molecule has 1 heterocycles. The van der Waals surface area contributed by atoms with E-state index in [1.807, 2.05) is 12.3 Å². The number of benzene rings is 1. The Kier molecular flexibility index (Phi) is 3.84. The molecule has 0 saturated carbocycles. The SMILES string of the molecule is O=C(O)c1ccc(NCCn2cccn2)cc1Cl. The molecule has 0 bridgehead atoms. The number of carbonyl (C=O) groups is 1. The maximum Gasteiger partial charge on any atom is 0.337 e. The average Bonchev–Trinajstić information content (AvgIpc) is 2.81. The first kappa shape index (κ1) is 12.4. The van der Waals surface area contributed by atoms with Gasteiger partial charge in [0.15, 0.2) is 0 Å². The monoisotopic (exact) mass is 265 g/mol. The zero-order chi connectivity index (χ0) is 13.0. The molecule has 2 aromatic rings. The first-order valence-electron chi connectivity index (χ1n) is 5.41. The largest absolute Gasteiger partial charge is 0.478 e. The van der Waals surface area contributed by atoms with Crippen LogP contribution in [0.2, 0.25) is 5.02 Å². The van der Waals surface area contributed by atoms with Crippen molar-refractivity contribution < 1.29 is 9.90 Å². The lowest BCUT2D eigenvalue weighted by molar-refractivity contribution is 0.0697. The summed E-state index contributed by atoms with van der Waals surface area (Å²) in [6.45, 7) is 1.41. The molecule has 0 saturated heterocycles. The van der Waals surface area contributed by atoms with Crippen LogP contribution in [0.1, 0.15) is 10.4 Å². The predicted molar refractivity (Wildman–Crippen MR) is 69.1 cm³/mol. The summed E-state index contributed by atoms with van der Waals surface area (Å²) in [5, 5.41) is 16.3. The highest BCUT2D eigenvalue weighted by molar-refractivity contribution is 6.33. The Morgan fingerprint density at radius 1 is 1.50 bits per heavy atom. The van der Waals surface area contributed by atoms with Crippen LogP contribution in [-0.2, 0) is 6.54 Å². The summed E-state index contributed by atoms with van der Waals surface area (Å²) in [5.74, 6) is -1.02. The van der Waals surface area contributed by atoms with Gasteiger partial charge >= 0.3 is 5.97 Å². The van der Waals surface area contributed by atoms with Gasteiger partial charge in [-0.25, -0.2) is 4.79 Å². The van der Waals surface area contributed by atoms with Crippen molar-refractivity contribution in [3.8, 4) is 0 Å². The summed E-state index contributed by atoms with van der Waals surface area (Å²) >= 11 is 5.86. The Morgan fingerprint density at radius 3 is 2.94 bits per heavy atom. The van der Waals surface area contributed by atoms with Gasteiger partial charge < -0.3 is 10.4 Å². The van der Waals surface area contributed by atoms with E-state index in [4.69, 9.17) is 16.7 Å². The van der Waals surface area contributed by atoms with Gasteiger partial charge in [0, 0.05) is 24.6 Å². The Morgan fingerprint density at radius 2 is 2.33 bits per heavy atom. The van der Waals surface area contributed by atoms with Crippen LogP contribution in [-0.4, -0.2) is 27.4 Å². The highest BCUT2D eigenvalue weighted by Crippen LogP contribution is 2.20. The van der Waals surface area contributed by atoms with Crippen LogP contribution in [0.4, 0.5) is 5.69 Å². The summed E-state index contributed by atoms with van der Waals surface area (Å²) < 4.78 is 1.81. The number of carboxylic acid groups (broad SMARTS) is 1. The van der Waals surface area contributed by atoms with E-state index < -0.39 is 5.97 Å². The van der Waals surface area contributed by atoms with Gasteiger partial charge in [0.1, 0.15) is 0 Å². The van der Waals surface area contributed by atoms with Gasteiger partial charge in [-0.1, -0.05) is 11.6 Å². The molecule has 18 heavy (non-hydrogen) atoms. The molecule has 0 aliphatic carbocycles. The van der Waals surface area contributed by atoms with Crippen LogP contribution in [0.25, 0.3) is 0 Å². The second kappa shape index (κ2) is 5.55. The second-order valence-electron chi connectivity index (χ2n) is 3.70. The average molecular weight is 266 g/mol. The molecule has 94 valence electrons. The van der Waals surface area contributed by atoms with Gasteiger partial charge in [-0.3, -0.25) is 4.68 Å². The van der Waals surface area contributed by atoms with Crippen molar-refractivity contribution >= 4 is 23.3 Å². The minimum atomic E-state index is -1.02. The highest BCUT2D eigenvalue weighted by atomic mass is 35.5. The number of carboxylic acids is 1. The lowest BCUT2D eigenvalue weighted by Crippen LogP contribution is -2.11. The number of aromatic carboxylic acids is 1. The van der Waals surface area contributed by atoms with Gasteiger partial charge in [0.2, 0.25) is 0 Å². The molecule has 0 radical (unpaired) electrons. The Labute approximate surface area is 109 Å². The van der Waals surface area contributed by atoms with Crippen LogP contribution in [0.15, 0.2) is 36.7 Å². The summed E-state index contributed by atoms with van der Waals surface area (Å²) in [5.41, 5.74) is 0.895. The van der Waals surface area contributed by atoms with Gasteiger partial charge in [0.05, 0.1) is 17.1 Å². The number of nitrogens with zero attached hydrogens (tertiary/aromatic N) is 2. The Bertz CT molecular complexity index is 540. The van der Waals surface area contributed by atoms with E-state index in [1.54, 1.807) is 23.0 Å². The van der Waals surface area contributed by atoms with Crippen LogP contribution in [0, 0.1) is 0 Å². The highest BCUT2D eigenvalue weighted by Gasteiger charge is 2.08. The molecule has 0 atom stereocenters. The third-order valence-corrected chi connectivity index (χ3v) is 2.74. The van der Waals surface area contributed by atoms with Crippen molar-refractivity contribution in [3.05, 3.63) is 47.2 Å². The lowest BCUT2D eigenvalue weighted by Gasteiger charge is -2.08. The molecule has 1 aromatic carbocycles. The fourth-order valence-electron chi connectivity index (χ4n) is 1.55. The third-order valence-electron chi connectivity index (χ3n) is 2.43. The lowest BCUT2D eigenvalue weighted by atomic mass is 10.2. The zero-order valence-electron chi connectivity index (χ0n) is 9.51. The minimum absolute atomic E-state index is 0.106. The van der Waals surface area contributed by atoms with Gasteiger partial charge in [-0.05, 0) is 24.3 Å². The number of rotatable bonds is 5. The van der Waals surface area contributed by atoms with E-state index in [2.05, 4.69) is 10.4 Å². The van der Waals surface area contributed by atoms with Crippen molar-refractivity contribution in [1.82, 2.24) is 9.78 Å². The second-order valence-corrected chi connectivity index (χ2v) is 4.10. The van der Waals surface area contributed by atoms with Crippen molar-refractivity contribution in [2.45, 2.75) is 6.54 Å². The fraction of sp³-hybridized carbons (Fsp3) is 0.167. The Balaban J connectivity index is 1.94. The number of halogens is 1. The summed E-state index contributed by atoms with van der Waals surface area (Å²) in [4.78, 5) is 10.8. The summed E-state index contributed by atoms with van der Waals surface area (Å²) in [7, 11) is 0. The molecule has 6 heteroatoms. The third kappa shape index (κ3) is 3.01. The van der Waals surface area contributed by atoms with Gasteiger partial charge in [-0.2, -0.15) is 5.10 Å². The number of anilines is 1. The molecular weight excluding hydrogens is 254 g/mol. The molecule has 0 fully saturated rings. The van der Waals surface area contributed by atoms with Crippen molar-refractivity contribution in [2.24, 2.45) is 0 Å². The molecule has 1 aromatic heterocycles. The molecular formula is C12H12ClN3O2. The maximum atomic E-state index is 10.8. The number of nitrogens with one attached hydrogen (secondary N) is 1. The summed E-state index contributed by atoms with van der Waals surface area (Å²) in [6.07, 6.45) is 3.60. The molecule has 0 spiro atoms. The predicted octanol–water partition coefficient (Wildman–Crippen LogP) is 2.35. The molecule has 2 N–H and O–H groups in total. The molecule has 0 amide bonds. The van der Waals surface area contributed by atoms with E-state index in [0.29, 0.717) is 6.54 Å². The van der Waals surface area contributed by atoms with E-state index in [1.165, 1.54) is 6.07 Å². The quantitative estimate of drug-likeness (QED) is 0.871. The molecule has 2 rings (SSSR count). The minimum Gasteiger partial charge on any atom is -0.478 e. The van der Waals surface area contributed by atoms with Crippen molar-refractivity contribution in [2.75, 3.05) is 11.9 Å². The normalized spacial score (nSPS) is 10.3. The van der Waals surface area contributed by atoms with Crippen LogP contribution in [0.5, 0.6) is 0 Å². The van der Waals surface area contributed by atoms with E-state index in [-0.39, 0.29) is 10.6 Å². The van der Waals surface area contributed by atoms with Gasteiger partial charge in [-0.15, -0.1) is 0 Å². The van der Waals surface area contributed by atoms with E-state index >= 15 is 0 Å². The van der Waals surface area contributed by atoms with E-state index in [9.17, 15) is 4.79 Å². The van der Waals surface area contributed by atoms with Crippen LogP contribution in [0.3, 0.4) is 0 Å². The maximum absolute atomic E-state index is 10.8. The molecule has 0 aliphatic rings. The molecule has 0 aliphatic heterocycles. The Hall–Kier alpha value is -2.01. The smallest absolute Gasteiger partial charge is 0.337 e. The van der Waals surface area contributed by atoms with Crippen LogP contribution >= 0.6 is 11.6 Å². The van der Waals surface area contributed by atoms with Gasteiger partial charge in [0.25, 0.3) is 0 Å². The molecule has 0 unspecified atom stereocenters. The number of hydrogen-bond acceptors (Lipinski definition) is 3. The fourth-order valence-corrected chi connectivity index (χ4v) is 1.81. The van der Waals surface area contributed by atoms with Crippen molar-refractivity contribution in [1.29, 1.82) is 0 Å². The standard InChI is InChI=1S/C12H12ClN3O2/c13-11-8-9(2-3-10(11)12(17)18)14-5-7-16-6-1-4-15-16/h1-4,6,8,14H,5,7H2,(H,17,18). The first-order chi connectivity index (χ1) is 8.66. The molecule has 5 nitrogen and oxygen atoms in total. The number of aromatic nitrogens is 2. The first-order valence-corrected chi connectivity index (χ1v) is 5.79. The summed E-state index contributed by atoms with van der Waals surface area (Å²) in [6, 6.07) is 6.64. The van der Waals surface area contributed by atoms with Crippen molar-refractivity contribution in [3.63, 3.8) is 0 Å². The topological polar surface area (TPSA) is 67.2 Å².